The minimum Gasteiger partial charge on any atom is -0.507 e. The van der Waals surface area contributed by atoms with Crippen molar-refractivity contribution in [2.45, 2.75) is 71.1 Å². The molecule has 0 fully saturated rings. The summed E-state index contributed by atoms with van der Waals surface area (Å²) < 4.78 is 9.62. The average molecular weight is 364 g/mol. The highest BCUT2D eigenvalue weighted by atomic mass is 16.5. The van der Waals surface area contributed by atoms with Crippen molar-refractivity contribution in [3.8, 4) is 5.75 Å². The third-order valence-corrected chi connectivity index (χ3v) is 4.54. The number of methoxy groups -OCH3 is 2. The van der Waals surface area contributed by atoms with Gasteiger partial charge >= 0.3 is 11.9 Å². The first kappa shape index (κ1) is 22.0. The number of hydrogen-bond donors (Lipinski definition) is 1. The lowest BCUT2D eigenvalue weighted by Crippen LogP contribution is -2.21. The number of hydrogen-bond acceptors (Lipinski definition) is 5. The summed E-state index contributed by atoms with van der Waals surface area (Å²) in [6.45, 7) is 12.3. The van der Waals surface area contributed by atoms with Crippen LogP contribution in [-0.2, 0) is 29.9 Å². The molecule has 5 nitrogen and oxygen atoms in total. The average Bonchev–Trinajstić information content (AvgIpc) is 2.53. The number of carbonyl (C=O) groups is 2. The van der Waals surface area contributed by atoms with E-state index >= 15 is 0 Å². The predicted molar refractivity (Wildman–Crippen MR) is 102 cm³/mol. The SMILES string of the molecule is COC(=O)CCC(C(=O)OC)c1cc(C(C)(C)C)cc(C(C)(C)C)c1O. The Morgan fingerprint density at radius 2 is 1.58 bits per heavy atom. The highest BCUT2D eigenvalue weighted by molar-refractivity contribution is 5.80. The molecule has 0 amide bonds. The number of benzene rings is 1. The van der Waals surface area contributed by atoms with E-state index in [9.17, 15) is 14.7 Å². The highest BCUT2D eigenvalue weighted by Gasteiger charge is 2.31. The molecule has 0 radical (unpaired) electrons. The zero-order valence-corrected chi connectivity index (χ0v) is 17.2. The van der Waals surface area contributed by atoms with Gasteiger partial charge in [0.2, 0.25) is 0 Å². The Morgan fingerprint density at radius 1 is 1.00 bits per heavy atom. The van der Waals surface area contributed by atoms with E-state index in [0.29, 0.717) is 5.56 Å². The molecule has 0 aromatic heterocycles. The fourth-order valence-corrected chi connectivity index (χ4v) is 2.83. The van der Waals surface area contributed by atoms with Crippen molar-refractivity contribution >= 4 is 11.9 Å². The molecule has 146 valence electrons. The van der Waals surface area contributed by atoms with E-state index in [2.05, 4.69) is 25.5 Å². The molecule has 5 heteroatoms. The van der Waals surface area contributed by atoms with E-state index < -0.39 is 17.9 Å². The molecular weight excluding hydrogens is 332 g/mol. The number of rotatable bonds is 5. The third-order valence-electron chi connectivity index (χ3n) is 4.54. The lowest BCUT2D eigenvalue weighted by Gasteiger charge is -2.29. The molecule has 0 spiro atoms. The second-order valence-electron chi connectivity index (χ2n) is 8.65. The van der Waals surface area contributed by atoms with Crippen LogP contribution in [0, 0.1) is 0 Å². The molecule has 0 aliphatic carbocycles. The maximum absolute atomic E-state index is 12.4. The molecule has 1 atom stereocenters. The molecule has 0 aliphatic heterocycles. The van der Waals surface area contributed by atoms with E-state index in [0.717, 1.165) is 11.1 Å². The van der Waals surface area contributed by atoms with Gasteiger partial charge in [-0.25, -0.2) is 0 Å². The van der Waals surface area contributed by atoms with E-state index in [4.69, 9.17) is 4.74 Å². The quantitative estimate of drug-likeness (QED) is 0.793. The molecular formula is C21H32O5. The van der Waals surface area contributed by atoms with Gasteiger partial charge in [0.25, 0.3) is 0 Å². The van der Waals surface area contributed by atoms with Crippen molar-refractivity contribution in [3.63, 3.8) is 0 Å². The van der Waals surface area contributed by atoms with Gasteiger partial charge in [-0.05, 0) is 28.4 Å². The van der Waals surface area contributed by atoms with Gasteiger partial charge in [-0.1, -0.05) is 53.7 Å². The lowest BCUT2D eigenvalue weighted by molar-refractivity contribution is -0.144. The lowest BCUT2D eigenvalue weighted by atomic mass is 9.77. The standard InChI is InChI=1S/C21H32O5/c1-20(2,3)13-11-15(18(23)16(12-13)21(4,5)6)14(19(24)26-8)9-10-17(22)25-7/h11-12,14,23H,9-10H2,1-8H3. The summed E-state index contributed by atoms with van der Waals surface area (Å²) in [5.41, 5.74) is 1.82. The summed E-state index contributed by atoms with van der Waals surface area (Å²) in [5.74, 6) is -1.52. The van der Waals surface area contributed by atoms with Crippen molar-refractivity contribution in [2.75, 3.05) is 14.2 Å². The molecule has 0 heterocycles. The highest BCUT2D eigenvalue weighted by Crippen LogP contribution is 2.41. The summed E-state index contributed by atoms with van der Waals surface area (Å²) in [5, 5.41) is 10.9. The number of phenols is 1. The van der Waals surface area contributed by atoms with Crippen LogP contribution in [0.4, 0.5) is 0 Å². The zero-order valence-electron chi connectivity index (χ0n) is 17.2. The Kier molecular flexibility index (Phi) is 6.86. The minimum atomic E-state index is -0.734. The Balaban J connectivity index is 3.57. The van der Waals surface area contributed by atoms with E-state index in [1.54, 1.807) is 0 Å². The third kappa shape index (κ3) is 5.23. The van der Waals surface area contributed by atoms with Crippen molar-refractivity contribution in [3.05, 3.63) is 28.8 Å². The van der Waals surface area contributed by atoms with Gasteiger partial charge in [0.05, 0.1) is 20.1 Å². The summed E-state index contributed by atoms with van der Waals surface area (Å²) in [6.07, 6.45) is 0.282. The first-order valence-corrected chi connectivity index (χ1v) is 8.85. The minimum absolute atomic E-state index is 0.0697. The van der Waals surface area contributed by atoms with Crippen molar-refractivity contribution in [1.82, 2.24) is 0 Å². The molecule has 0 bridgehead atoms. The van der Waals surface area contributed by atoms with Gasteiger partial charge in [-0.15, -0.1) is 0 Å². The van der Waals surface area contributed by atoms with Crippen LogP contribution in [0.5, 0.6) is 5.75 Å². The first-order valence-electron chi connectivity index (χ1n) is 8.85. The van der Waals surface area contributed by atoms with Crippen LogP contribution >= 0.6 is 0 Å². The molecule has 0 aliphatic rings. The van der Waals surface area contributed by atoms with Crippen LogP contribution in [0.1, 0.15) is 77.0 Å². The van der Waals surface area contributed by atoms with Crippen LogP contribution in [0.25, 0.3) is 0 Å². The van der Waals surface area contributed by atoms with Crippen LogP contribution in [0.2, 0.25) is 0 Å². The summed E-state index contributed by atoms with van der Waals surface area (Å²) in [4.78, 5) is 24.0. The van der Waals surface area contributed by atoms with Crippen molar-refractivity contribution in [2.24, 2.45) is 0 Å². The molecule has 1 aromatic carbocycles. The van der Waals surface area contributed by atoms with E-state index in [1.165, 1.54) is 14.2 Å². The fraction of sp³-hybridized carbons (Fsp3) is 0.619. The number of carbonyl (C=O) groups excluding carboxylic acids is 2. The summed E-state index contributed by atoms with van der Waals surface area (Å²) >= 11 is 0. The molecule has 1 rings (SSSR count). The van der Waals surface area contributed by atoms with Crippen LogP contribution < -0.4 is 0 Å². The predicted octanol–water partition coefficient (Wildman–Crippen LogP) is 4.20. The van der Waals surface area contributed by atoms with Gasteiger partial charge in [-0.2, -0.15) is 0 Å². The van der Waals surface area contributed by atoms with E-state index in [1.807, 2.05) is 32.9 Å². The Hall–Kier alpha value is -2.04. The maximum atomic E-state index is 12.4. The monoisotopic (exact) mass is 364 g/mol. The number of aromatic hydroxyl groups is 1. The molecule has 1 N–H and O–H groups in total. The van der Waals surface area contributed by atoms with Gasteiger partial charge in [0.1, 0.15) is 5.75 Å². The molecule has 26 heavy (non-hydrogen) atoms. The molecule has 1 aromatic rings. The van der Waals surface area contributed by atoms with Crippen LogP contribution in [-0.4, -0.2) is 31.3 Å². The van der Waals surface area contributed by atoms with Crippen LogP contribution in [0.3, 0.4) is 0 Å². The Labute approximate surface area is 156 Å². The normalized spacial score (nSPS) is 13.2. The van der Waals surface area contributed by atoms with Crippen molar-refractivity contribution in [1.29, 1.82) is 0 Å². The number of phenolic OH excluding ortho intramolecular Hbond substituents is 1. The van der Waals surface area contributed by atoms with Gasteiger partial charge in [0, 0.05) is 12.0 Å². The summed E-state index contributed by atoms with van der Waals surface area (Å²) in [7, 11) is 2.62. The fourth-order valence-electron chi connectivity index (χ4n) is 2.83. The molecule has 0 saturated heterocycles. The van der Waals surface area contributed by atoms with Gasteiger partial charge < -0.3 is 14.6 Å². The second-order valence-corrected chi connectivity index (χ2v) is 8.65. The van der Waals surface area contributed by atoms with Crippen molar-refractivity contribution < 1.29 is 24.2 Å². The number of esters is 2. The van der Waals surface area contributed by atoms with Crippen LogP contribution in [0.15, 0.2) is 12.1 Å². The van der Waals surface area contributed by atoms with Gasteiger partial charge in [-0.3, -0.25) is 9.59 Å². The largest absolute Gasteiger partial charge is 0.507 e. The maximum Gasteiger partial charge on any atom is 0.313 e. The smallest absolute Gasteiger partial charge is 0.313 e. The molecule has 1 unspecified atom stereocenters. The topological polar surface area (TPSA) is 72.8 Å². The Bertz CT molecular complexity index is 662. The van der Waals surface area contributed by atoms with Gasteiger partial charge in [0.15, 0.2) is 0 Å². The van der Waals surface area contributed by atoms with E-state index in [-0.39, 0.29) is 29.4 Å². The number of ether oxygens (including phenoxy) is 2. The zero-order chi connectivity index (χ0) is 20.3. The Morgan fingerprint density at radius 3 is 2.00 bits per heavy atom. The molecule has 0 saturated carbocycles. The summed E-state index contributed by atoms with van der Waals surface area (Å²) in [6, 6.07) is 3.84. The second kappa shape index (κ2) is 8.11. The first-order chi connectivity index (χ1) is 11.8.